The molecule has 8 nitrogen and oxygen atoms in total. The van der Waals surface area contributed by atoms with Gasteiger partial charge in [0.1, 0.15) is 30.3 Å². The van der Waals surface area contributed by atoms with E-state index >= 15 is 0 Å². The number of benzene rings is 2. The van der Waals surface area contributed by atoms with Gasteiger partial charge >= 0.3 is 0 Å². The minimum absolute atomic E-state index is 0.00387. The Bertz CT molecular complexity index is 1100. The average molecular weight is 428 g/mol. The highest BCUT2D eigenvalue weighted by Gasteiger charge is 2.32. The molecule has 3 N–H and O–H groups in total. The highest BCUT2D eigenvalue weighted by atomic mass is 19.1. The number of hydrogen-bond donors (Lipinski definition) is 3. The zero-order chi connectivity index (χ0) is 22.0. The largest absolute Gasteiger partial charge is 0.508 e. The molecule has 2 heterocycles. The lowest BCUT2D eigenvalue weighted by Gasteiger charge is -2.38. The van der Waals surface area contributed by atoms with Crippen LogP contribution in [0.3, 0.4) is 0 Å². The SMILES string of the molecule is COc1cc2c(Nc3c(F)ccc(O)c3C)ncnc2cc1OCCNC1(C)COC1. The number of nitrogens with zero attached hydrogens (tertiary/aromatic N) is 2. The van der Waals surface area contributed by atoms with Gasteiger partial charge in [0.05, 0.1) is 37.1 Å². The monoisotopic (exact) mass is 428 g/mol. The third kappa shape index (κ3) is 4.33. The van der Waals surface area contributed by atoms with Crippen LogP contribution in [-0.4, -0.2) is 54.1 Å². The first-order valence-electron chi connectivity index (χ1n) is 9.93. The molecule has 0 aliphatic carbocycles. The third-order valence-electron chi connectivity index (χ3n) is 5.30. The summed E-state index contributed by atoms with van der Waals surface area (Å²) in [7, 11) is 1.55. The lowest BCUT2D eigenvalue weighted by molar-refractivity contribution is -0.0647. The van der Waals surface area contributed by atoms with E-state index in [1.165, 1.54) is 18.5 Å². The van der Waals surface area contributed by atoms with Gasteiger partial charge in [-0.25, -0.2) is 14.4 Å². The van der Waals surface area contributed by atoms with Crippen LogP contribution >= 0.6 is 0 Å². The van der Waals surface area contributed by atoms with Crippen molar-refractivity contribution in [3.05, 3.63) is 42.0 Å². The van der Waals surface area contributed by atoms with Crippen LogP contribution in [0.1, 0.15) is 12.5 Å². The van der Waals surface area contributed by atoms with Crippen molar-refractivity contribution in [3.63, 3.8) is 0 Å². The van der Waals surface area contributed by atoms with Crippen molar-refractivity contribution in [1.82, 2.24) is 15.3 Å². The zero-order valence-electron chi connectivity index (χ0n) is 17.7. The number of fused-ring (bicyclic) bond motifs is 1. The quantitative estimate of drug-likeness (QED) is 0.470. The molecule has 4 rings (SSSR count). The molecular weight excluding hydrogens is 403 g/mol. The Morgan fingerprint density at radius 1 is 1.23 bits per heavy atom. The standard InChI is InChI=1S/C22H25FN4O4/c1-13-17(28)5-4-15(23)20(13)27-21-14-8-18(29-3)19(9-16(14)24-12-25-21)31-7-6-26-22(2)10-30-11-22/h4-5,8-9,12,26,28H,6-7,10-11H2,1-3H3,(H,24,25,27). The average Bonchev–Trinajstić information content (AvgIpc) is 2.75. The number of halogens is 1. The Balaban J connectivity index is 1.57. The van der Waals surface area contributed by atoms with Gasteiger partial charge in [-0.15, -0.1) is 0 Å². The number of methoxy groups -OCH3 is 1. The molecule has 0 unspecified atom stereocenters. The summed E-state index contributed by atoms with van der Waals surface area (Å²) in [6.45, 7) is 6.22. The van der Waals surface area contributed by atoms with E-state index in [9.17, 15) is 9.50 Å². The van der Waals surface area contributed by atoms with Crippen molar-refractivity contribution in [1.29, 1.82) is 0 Å². The fourth-order valence-electron chi connectivity index (χ4n) is 3.40. The summed E-state index contributed by atoms with van der Waals surface area (Å²) in [5.74, 6) is 0.952. The fourth-order valence-corrected chi connectivity index (χ4v) is 3.40. The maximum absolute atomic E-state index is 14.3. The van der Waals surface area contributed by atoms with Crippen LogP contribution in [0, 0.1) is 12.7 Å². The van der Waals surface area contributed by atoms with Gasteiger partial charge in [0.25, 0.3) is 0 Å². The third-order valence-corrected chi connectivity index (χ3v) is 5.30. The number of anilines is 2. The number of hydrogen-bond acceptors (Lipinski definition) is 8. The molecule has 1 fully saturated rings. The van der Waals surface area contributed by atoms with Crippen LogP contribution in [0.5, 0.6) is 17.2 Å². The Labute approximate surface area is 179 Å². The molecule has 0 spiro atoms. The minimum atomic E-state index is -0.493. The molecule has 0 radical (unpaired) electrons. The molecule has 0 amide bonds. The number of nitrogens with one attached hydrogen (secondary N) is 2. The van der Waals surface area contributed by atoms with E-state index in [-0.39, 0.29) is 17.0 Å². The number of aromatic hydroxyl groups is 1. The van der Waals surface area contributed by atoms with Crippen LogP contribution < -0.4 is 20.1 Å². The van der Waals surface area contributed by atoms with Gasteiger partial charge < -0.3 is 30.0 Å². The van der Waals surface area contributed by atoms with Crippen molar-refractivity contribution in [2.75, 3.05) is 38.8 Å². The van der Waals surface area contributed by atoms with Gasteiger partial charge in [-0.3, -0.25) is 0 Å². The number of phenols is 1. The van der Waals surface area contributed by atoms with E-state index in [0.29, 0.717) is 60.1 Å². The first-order valence-corrected chi connectivity index (χ1v) is 9.93. The summed E-state index contributed by atoms with van der Waals surface area (Å²) >= 11 is 0. The Kier molecular flexibility index (Phi) is 5.79. The molecule has 1 saturated heterocycles. The van der Waals surface area contributed by atoms with E-state index in [0.717, 1.165) is 0 Å². The van der Waals surface area contributed by atoms with E-state index in [4.69, 9.17) is 14.2 Å². The lowest BCUT2D eigenvalue weighted by atomic mass is 10.0. The molecule has 1 aliphatic heterocycles. The van der Waals surface area contributed by atoms with Gasteiger partial charge in [-0.1, -0.05) is 0 Å². The van der Waals surface area contributed by atoms with Crippen LogP contribution in [-0.2, 0) is 4.74 Å². The van der Waals surface area contributed by atoms with Gasteiger partial charge in [-0.2, -0.15) is 0 Å². The second kappa shape index (κ2) is 8.52. The topological polar surface area (TPSA) is 97.8 Å². The summed E-state index contributed by atoms with van der Waals surface area (Å²) in [6, 6.07) is 6.02. The number of aromatic nitrogens is 2. The fraction of sp³-hybridized carbons (Fsp3) is 0.364. The minimum Gasteiger partial charge on any atom is -0.508 e. The van der Waals surface area contributed by atoms with Crippen molar-refractivity contribution >= 4 is 22.4 Å². The maximum atomic E-state index is 14.3. The smallest absolute Gasteiger partial charge is 0.163 e. The number of ether oxygens (including phenoxy) is 3. The van der Waals surface area contributed by atoms with Crippen LogP contribution in [0.2, 0.25) is 0 Å². The summed E-state index contributed by atoms with van der Waals surface area (Å²) in [5, 5.41) is 16.9. The van der Waals surface area contributed by atoms with Crippen molar-refractivity contribution in [2.45, 2.75) is 19.4 Å². The molecule has 0 saturated carbocycles. The maximum Gasteiger partial charge on any atom is 0.163 e. The zero-order valence-corrected chi connectivity index (χ0v) is 17.7. The number of rotatable bonds is 8. The second-order valence-electron chi connectivity index (χ2n) is 7.76. The van der Waals surface area contributed by atoms with Crippen LogP contribution in [0.15, 0.2) is 30.6 Å². The normalized spacial score (nSPS) is 14.8. The molecule has 31 heavy (non-hydrogen) atoms. The molecule has 1 aliphatic rings. The molecule has 0 atom stereocenters. The number of phenolic OH excluding ortho intramolecular Hbond substituents is 1. The molecule has 9 heteroatoms. The summed E-state index contributed by atoms with van der Waals surface area (Å²) in [5.41, 5.74) is 1.15. The summed E-state index contributed by atoms with van der Waals surface area (Å²) in [4.78, 5) is 8.56. The van der Waals surface area contributed by atoms with E-state index < -0.39 is 5.82 Å². The highest BCUT2D eigenvalue weighted by Crippen LogP contribution is 2.36. The first-order chi connectivity index (χ1) is 14.9. The first kappa shape index (κ1) is 21.1. The van der Waals surface area contributed by atoms with Gasteiger partial charge in [0.2, 0.25) is 0 Å². The molecule has 164 valence electrons. The Morgan fingerprint density at radius 3 is 2.74 bits per heavy atom. The predicted molar refractivity (Wildman–Crippen MR) is 115 cm³/mol. The van der Waals surface area contributed by atoms with Crippen LogP contribution in [0.4, 0.5) is 15.9 Å². The summed E-state index contributed by atoms with van der Waals surface area (Å²) < 4.78 is 31.0. The second-order valence-corrected chi connectivity index (χ2v) is 7.76. The molecular formula is C22H25FN4O4. The van der Waals surface area contributed by atoms with Crippen molar-refractivity contribution in [3.8, 4) is 17.2 Å². The Morgan fingerprint density at radius 2 is 2.03 bits per heavy atom. The van der Waals surface area contributed by atoms with Crippen molar-refractivity contribution < 1.29 is 23.7 Å². The van der Waals surface area contributed by atoms with Gasteiger partial charge in [0, 0.05) is 23.6 Å². The van der Waals surface area contributed by atoms with Gasteiger partial charge in [-0.05, 0) is 32.0 Å². The molecule has 3 aromatic rings. The predicted octanol–water partition coefficient (Wildman–Crippen LogP) is 3.29. The van der Waals surface area contributed by atoms with E-state index in [2.05, 4.69) is 27.5 Å². The van der Waals surface area contributed by atoms with Crippen LogP contribution in [0.25, 0.3) is 10.9 Å². The van der Waals surface area contributed by atoms with Crippen molar-refractivity contribution in [2.24, 2.45) is 0 Å². The van der Waals surface area contributed by atoms with Gasteiger partial charge in [0.15, 0.2) is 11.5 Å². The summed E-state index contributed by atoms with van der Waals surface area (Å²) in [6.07, 6.45) is 1.38. The molecule has 0 bridgehead atoms. The molecule has 1 aromatic heterocycles. The Hall–Kier alpha value is -3.17. The highest BCUT2D eigenvalue weighted by molar-refractivity contribution is 5.93. The molecule has 2 aromatic carbocycles. The van der Waals surface area contributed by atoms with E-state index in [1.54, 1.807) is 26.2 Å². The lowest BCUT2D eigenvalue weighted by Crippen LogP contribution is -2.58. The van der Waals surface area contributed by atoms with E-state index in [1.807, 2.05) is 0 Å².